The second kappa shape index (κ2) is 8.42. The Balaban J connectivity index is 4.31. The number of nitrogens with one attached hydrogen (secondary N) is 2. The second-order valence-electron chi connectivity index (χ2n) is 3.19. The van der Waals surface area contributed by atoms with Gasteiger partial charge in [-0.15, -0.1) is 11.6 Å². The summed E-state index contributed by atoms with van der Waals surface area (Å²) in [6.45, 7) is 1.77. The third-order valence-electron chi connectivity index (χ3n) is 1.81. The van der Waals surface area contributed by atoms with Crippen molar-refractivity contribution in [2.75, 3.05) is 12.4 Å². The van der Waals surface area contributed by atoms with Gasteiger partial charge in [0, 0.05) is 18.6 Å². The van der Waals surface area contributed by atoms with Gasteiger partial charge in [0.1, 0.15) is 17.7 Å². The average molecular weight is 260 g/mol. The maximum Gasteiger partial charge on any atom is 0.325 e. The molecule has 7 heteroatoms. The van der Waals surface area contributed by atoms with Crippen molar-refractivity contribution >= 4 is 23.5 Å². The van der Waals surface area contributed by atoms with E-state index in [9.17, 15) is 9.59 Å². The smallest absolute Gasteiger partial charge is 0.325 e. The van der Waals surface area contributed by atoms with Crippen LogP contribution < -0.4 is 10.6 Å². The van der Waals surface area contributed by atoms with E-state index in [2.05, 4.69) is 10.6 Å². The molecule has 0 bridgehead atoms. The number of carboxylic acids is 1. The number of aliphatic carboxylic acids is 1. The Kier molecular flexibility index (Phi) is 7.55. The van der Waals surface area contributed by atoms with Crippen molar-refractivity contribution in [2.24, 2.45) is 0 Å². The number of carbonyl (C=O) groups is 2. The Morgan fingerprint density at radius 1 is 1.59 bits per heavy atom. The lowest BCUT2D eigenvalue weighted by molar-refractivity contribution is -0.138. The first-order valence-corrected chi connectivity index (χ1v) is 5.49. The molecule has 3 N–H and O–H groups in total. The molecule has 0 aromatic heterocycles. The predicted octanol–water partition coefficient (Wildman–Crippen LogP) is 0.202. The SMILES string of the molecule is CC(N/C=C(/C#N)C(=O)NCCCCl)C(=O)O. The molecule has 0 saturated carbocycles. The van der Waals surface area contributed by atoms with Gasteiger partial charge in [0.15, 0.2) is 0 Å². The van der Waals surface area contributed by atoms with Crippen molar-refractivity contribution in [3.05, 3.63) is 11.8 Å². The molecule has 0 fully saturated rings. The minimum atomic E-state index is -1.07. The largest absolute Gasteiger partial charge is 0.480 e. The van der Waals surface area contributed by atoms with Gasteiger partial charge in [-0.3, -0.25) is 9.59 Å². The second-order valence-corrected chi connectivity index (χ2v) is 3.57. The highest BCUT2D eigenvalue weighted by molar-refractivity contribution is 6.17. The van der Waals surface area contributed by atoms with Gasteiger partial charge in [-0.1, -0.05) is 0 Å². The highest BCUT2D eigenvalue weighted by Gasteiger charge is 2.11. The van der Waals surface area contributed by atoms with E-state index in [4.69, 9.17) is 22.0 Å². The van der Waals surface area contributed by atoms with E-state index < -0.39 is 17.9 Å². The van der Waals surface area contributed by atoms with Crippen LogP contribution in [0, 0.1) is 11.3 Å². The van der Waals surface area contributed by atoms with Crippen LogP contribution in [0.25, 0.3) is 0 Å². The van der Waals surface area contributed by atoms with Gasteiger partial charge in [0.25, 0.3) is 5.91 Å². The summed E-state index contributed by atoms with van der Waals surface area (Å²) in [5.74, 6) is -1.20. The number of carbonyl (C=O) groups excluding carboxylic acids is 1. The van der Waals surface area contributed by atoms with E-state index >= 15 is 0 Å². The molecule has 0 aliphatic heterocycles. The Labute approximate surface area is 104 Å². The van der Waals surface area contributed by atoms with Crippen molar-refractivity contribution in [1.82, 2.24) is 10.6 Å². The first kappa shape index (κ1) is 15.3. The molecule has 6 nitrogen and oxygen atoms in total. The third-order valence-corrected chi connectivity index (χ3v) is 2.08. The first-order chi connectivity index (χ1) is 8.02. The van der Waals surface area contributed by atoms with Gasteiger partial charge < -0.3 is 15.7 Å². The van der Waals surface area contributed by atoms with E-state index in [-0.39, 0.29) is 5.57 Å². The number of rotatable bonds is 7. The average Bonchev–Trinajstić information content (AvgIpc) is 2.29. The number of nitriles is 1. The normalized spacial score (nSPS) is 12.4. The first-order valence-electron chi connectivity index (χ1n) is 4.96. The van der Waals surface area contributed by atoms with Gasteiger partial charge >= 0.3 is 5.97 Å². The monoisotopic (exact) mass is 259 g/mol. The number of halogens is 1. The molecule has 0 rings (SSSR count). The lowest BCUT2D eigenvalue weighted by Gasteiger charge is -2.07. The van der Waals surface area contributed by atoms with Gasteiger partial charge in [0.05, 0.1) is 0 Å². The minimum Gasteiger partial charge on any atom is -0.480 e. The number of alkyl halides is 1. The van der Waals surface area contributed by atoms with Crippen molar-refractivity contribution in [2.45, 2.75) is 19.4 Å². The Hall–Kier alpha value is -1.74. The topological polar surface area (TPSA) is 102 Å². The number of amides is 1. The maximum absolute atomic E-state index is 11.4. The van der Waals surface area contributed by atoms with E-state index in [1.807, 2.05) is 0 Å². The third kappa shape index (κ3) is 6.43. The summed E-state index contributed by atoms with van der Waals surface area (Å²) in [5.41, 5.74) is -0.173. The molecule has 0 aromatic rings. The van der Waals surface area contributed by atoms with Crippen LogP contribution in [-0.2, 0) is 9.59 Å². The van der Waals surface area contributed by atoms with Crippen LogP contribution in [0.15, 0.2) is 11.8 Å². The van der Waals surface area contributed by atoms with Crippen LogP contribution in [-0.4, -0.2) is 35.4 Å². The standard InChI is InChI=1S/C10H14ClN3O3/c1-7(10(16)17)14-6-8(5-12)9(15)13-4-2-3-11/h6-7,14H,2-4H2,1H3,(H,13,15)(H,16,17)/b8-6-. The van der Waals surface area contributed by atoms with E-state index in [0.717, 1.165) is 6.20 Å². The quantitative estimate of drug-likeness (QED) is 0.262. The molecule has 1 unspecified atom stereocenters. The molecule has 0 spiro atoms. The number of hydrogen-bond donors (Lipinski definition) is 3. The fourth-order valence-electron chi connectivity index (χ4n) is 0.792. The molecule has 1 atom stereocenters. The van der Waals surface area contributed by atoms with Gasteiger partial charge in [0.2, 0.25) is 0 Å². The molecule has 1 amide bonds. The van der Waals surface area contributed by atoms with Gasteiger partial charge in [-0.25, -0.2) is 0 Å². The summed E-state index contributed by atoms with van der Waals surface area (Å²) in [6, 6.07) is 0.817. The van der Waals surface area contributed by atoms with Crippen LogP contribution in [0.2, 0.25) is 0 Å². The van der Waals surface area contributed by atoms with Crippen molar-refractivity contribution < 1.29 is 14.7 Å². The molecule has 0 heterocycles. The lowest BCUT2D eigenvalue weighted by atomic mass is 10.2. The Morgan fingerprint density at radius 3 is 2.71 bits per heavy atom. The molecule has 0 aliphatic rings. The number of hydrogen-bond acceptors (Lipinski definition) is 4. The molecule has 0 aliphatic carbocycles. The zero-order chi connectivity index (χ0) is 13.3. The maximum atomic E-state index is 11.4. The summed E-state index contributed by atoms with van der Waals surface area (Å²) < 4.78 is 0. The summed E-state index contributed by atoms with van der Waals surface area (Å²) in [6.07, 6.45) is 1.69. The lowest BCUT2D eigenvalue weighted by Crippen LogP contribution is -2.32. The number of carboxylic acid groups (broad SMARTS) is 1. The summed E-state index contributed by atoms with van der Waals surface area (Å²) in [5, 5.41) is 22.2. The zero-order valence-corrected chi connectivity index (χ0v) is 10.1. The van der Waals surface area contributed by atoms with Gasteiger partial charge in [-0.05, 0) is 13.3 Å². The van der Waals surface area contributed by atoms with Crippen LogP contribution in [0.4, 0.5) is 0 Å². The Bertz CT molecular complexity index is 349. The van der Waals surface area contributed by atoms with Crippen LogP contribution in [0.1, 0.15) is 13.3 Å². The fraction of sp³-hybridized carbons (Fsp3) is 0.500. The van der Waals surface area contributed by atoms with Crippen molar-refractivity contribution in [3.63, 3.8) is 0 Å². The minimum absolute atomic E-state index is 0.173. The summed E-state index contributed by atoms with van der Waals surface area (Å²) in [4.78, 5) is 21.9. The highest BCUT2D eigenvalue weighted by atomic mass is 35.5. The Morgan fingerprint density at radius 2 is 2.24 bits per heavy atom. The van der Waals surface area contributed by atoms with E-state index in [1.165, 1.54) is 6.92 Å². The molecule has 0 radical (unpaired) electrons. The van der Waals surface area contributed by atoms with Crippen LogP contribution in [0.3, 0.4) is 0 Å². The number of nitrogens with zero attached hydrogens (tertiary/aromatic N) is 1. The van der Waals surface area contributed by atoms with Gasteiger partial charge in [-0.2, -0.15) is 5.26 Å². The van der Waals surface area contributed by atoms with Crippen LogP contribution in [0.5, 0.6) is 0 Å². The van der Waals surface area contributed by atoms with E-state index in [1.54, 1.807) is 6.07 Å². The summed E-state index contributed by atoms with van der Waals surface area (Å²) in [7, 11) is 0. The predicted molar refractivity (Wildman–Crippen MR) is 62.3 cm³/mol. The molecule has 0 aromatic carbocycles. The fourth-order valence-corrected chi connectivity index (χ4v) is 0.926. The summed E-state index contributed by atoms with van der Waals surface area (Å²) >= 11 is 5.43. The van der Waals surface area contributed by atoms with E-state index in [0.29, 0.717) is 18.8 Å². The molecule has 94 valence electrons. The molecule has 0 saturated heterocycles. The molecular weight excluding hydrogens is 246 g/mol. The molecular formula is C10H14ClN3O3. The van der Waals surface area contributed by atoms with Crippen molar-refractivity contribution in [3.8, 4) is 6.07 Å². The van der Waals surface area contributed by atoms with Crippen LogP contribution >= 0.6 is 11.6 Å². The zero-order valence-electron chi connectivity index (χ0n) is 9.36. The van der Waals surface area contributed by atoms with Crippen molar-refractivity contribution in [1.29, 1.82) is 5.26 Å². The molecule has 17 heavy (non-hydrogen) atoms. The highest BCUT2D eigenvalue weighted by Crippen LogP contribution is 1.93.